The lowest BCUT2D eigenvalue weighted by Crippen LogP contribution is -2.64. The van der Waals surface area contributed by atoms with Crippen molar-refractivity contribution < 1.29 is 24.2 Å². The number of hydrogen-bond donors (Lipinski definition) is 1. The van der Waals surface area contributed by atoms with Gasteiger partial charge >= 0.3 is 5.97 Å². The number of amides is 1. The summed E-state index contributed by atoms with van der Waals surface area (Å²) in [6, 6.07) is 7.49. The Morgan fingerprint density at radius 1 is 1.33 bits per heavy atom. The van der Waals surface area contributed by atoms with Crippen molar-refractivity contribution in [2.75, 3.05) is 26.3 Å². The Kier molecular flexibility index (Phi) is 4.47. The van der Waals surface area contributed by atoms with Gasteiger partial charge in [-0.2, -0.15) is 0 Å². The van der Waals surface area contributed by atoms with Crippen LogP contribution in [0.25, 0.3) is 0 Å². The van der Waals surface area contributed by atoms with Gasteiger partial charge in [0.2, 0.25) is 0 Å². The molecule has 1 amide bonds. The van der Waals surface area contributed by atoms with Crippen LogP contribution in [0.3, 0.4) is 0 Å². The van der Waals surface area contributed by atoms with Crippen LogP contribution in [0.2, 0.25) is 0 Å². The number of carbonyl (C=O) groups is 2. The summed E-state index contributed by atoms with van der Waals surface area (Å²) in [6.45, 7) is 4.14. The monoisotopic (exact) mass is 293 g/mol. The van der Waals surface area contributed by atoms with Crippen LogP contribution in [0, 0.1) is 6.92 Å². The molecule has 1 aromatic rings. The number of rotatable bonds is 6. The molecule has 1 heterocycles. The maximum Gasteiger partial charge on any atom is 0.329 e. The Labute approximate surface area is 123 Å². The number of hydrogen-bond acceptors (Lipinski definition) is 4. The molecule has 0 radical (unpaired) electrons. The van der Waals surface area contributed by atoms with Gasteiger partial charge in [-0.15, -0.1) is 0 Å². The Morgan fingerprint density at radius 3 is 2.67 bits per heavy atom. The highest BCUT2D eigenvalue weighted by atomic mass is 16.5. The standard InChI is InChI=1S/C15H19NO5/c1-11-4-3-5-12(6-11)20-7-13(17)16-9-15(2,10-16)21-8-14(18)19/h3-6H,7-10H2,1-2H3,(H,18,19). The van der Waals surface area contributed by atoms with E-state index in [9.17, 15) is 9.59 Å². The third-order valence-corrected chi connectivity index (χ3v) is 3.30. The first-order valence-electron chi connectivity index (χ1n) is 6.71. The number of carboxylic acids is 1. The summed E-state index contributed by atoms with van der Waals surface area (Å²) in [6.07, 6.45) is 0. The molecule has 1 N–H and O–H groups in total. The summed E-state index contributed by atoms with van der Waals surface area (Å²) in [5, 5.41) is 8.58. The number of carboxylic acid groups (broad SMARTS) is 1. The highest BCUT2D eigenvalue weighted by molar-refractivity contribution is 5.79. The minimum atomic E-state index is -1.01. The fourth-order valence-corrected chi connectivity index (χ4v) is 2.21. The molecule has 6 nitrogen and oxygen atoms in total. The summed E-state index contributed by atoms with van der Waals surface area (Å²) in [5.41, 5.74) is 0.496. The molecule has 0 saturated carbocycles. The first-order valence-corrected chi connectivity index (χ1v) is 6.71. The lowest BCUT2D eigenvalue weighted by atomic mass is 9.96. The fourth-order valence-electron chi connectivity index (χ4n) is 2.21. The lowest BCUT2D eigenvalue weighted by molar-refractivity contribution is -0.174. The van der Waals surface area contributed by atoms with E-state index in [1.807, 2.05) is 25.1 Å². The van der Waals surface area contributed by atoms with Crippen molar-refractivity contribution in [1.29, 1.82) is 0 Å². The molecule has 0 aliphatic carbocycles. The van der Waals surface area contributed by atoms with Gasteiger partial charge in [0.05, 0.1) is 13.1 Å². The number of likely N-dealkylation sites (tertiary alicyclic amines) is 1. The molecule has 0 unspecified atom stereocenters. The predicted molar refractivity (Wildman–Crippen MR) is 75.2 cm³/mol. The Morgan fingerprint density at radius 2 is 2.05 bits per heavy atom. The molecule has 6 heteroatoms. The quantitative estimate of drug-likeness (QED) is 0.849. The highest BCUT2D eigenvalue weighted by Gasteiger charge is 2.42. The Hall–Kier alpha value is -2.08. The number of aryl methyl sites for hydroxylation is 1. The van der Waals surface area contributed by atoms with Crippen LogP contribution in [0.1, 0.15) is 12.5 Å². The molecule has 1 aliphatic rings. The topological polar surface area (TPSA) is 76.1 Å². The first kappa shape index (κ1) is 15.3. The number of carbonyl (C=O) groups excluding carboxylic acids is 1. The number of nitrogens with zero attached hydrogens (tertiary/aromatic N) is 1. The van der Waals surface area contributed by atoms with Crippen LogP contribution in [-0.4, -0.2) is 53.8 Å². The SMILES string of the molecule is Cc1cccc(OCC(=O)N2CC(C)(OCC(=O)O)C2)c1. The van der Waals surface area contributed by atoms with E-state index in [2.05, 4.69) is 0 Å². The van der Waals surface area contributed by atoms with Gasteiger partial charge in [0.1, 0.15) is 18.0 Å². The van der Waals surface area contributed by atoms with Gasteiger partial charge in [-0.05, 0) is 31.5 Å². The van der Waals surface area contributed by atoms with Gasteiger partial charge in [0.15, 0.2) is 6.61 Å². The molecular formula is C15H19NO5. The second-order valence-corrected chi connectivity index (χ2v) is 5.49. The van der Waals surface area contributed by atoms with Gasteiger partial charge in [0, 0.05) is 0 Å². The molecule has 0 bridgehead atoms. The maximum atomic E-state index is 11.9. The normalized spacial score (nSPS) is 16.2. The van der Waals surface area contributed by atoms with Crippen molar-refractivity contribution in [3.05, 3.63) is 29.8 Å². The molecule has 21 heavy (non-hydrogen) atoms. The van der Waals surface area contributed by atoms with E-state index in [1.54, 1.807) is 17.9 Å². The third kappa shape index (κ3) is 4.19. The molecular weight excluding hydrogens is 274 g/mol. The molecule has 1 fully saturated rings. The molecule has 0 aromatic heterocycles. The molecule has 1 saturated heterocycles. The second kappa shape index (κ2) is 6.13. The van der Waals surface area contributed by atoms with E-state index < -0.39 is 11.6 Å². The highest BCUT2D eigenvalue weighted by Crippen LogP contribution is 2.24. The van der Waals surface area contributed by atoms with Gasteiger partial charge in [0.25, 0.3) is 5.91 Å². The fraction of sp³-hybridized carbons (Fsp3) is 0.467. The average Bonchev–Trinajstić information content (AvgIpc) is 2.39. The maximum absolute atomic E-state index is 11.9. The van der Waals surface area contributed by atoms with E-state index in [0.717, 1.165) is 5.56 Å². The molecule has 0 atom stereocenters. The van der Waals surface area contributed by atoms with Crippen LogP contribution in [-0.2, 0) is 14.3 Å². The zero-order valence-corrected chi connectivity index (χ0v) is 12.2. The van der Waals surface area contributed by atoms with Crippen molar-refractivity contribution >= 4 is 11.9 Å². The van der Waals surface area contributed by atoms with Crippen molar-refractivity contribution in [1.82, 2.24) is 4.90 Å². The number of ether oxygens (including phenoxy) is 2. The zero-order chi connectivity index (χ0) is 15.5. The average molecular weight is 293 g/mol. The zero-order valence-electron chi connectivity index (χ0n) is 12.2. The van der Waals surface area contributed by atoms with E-state index in [-0.39, 0.29) is 19.1 Å². The van der Waals surface area contributed by atoms with Crippen LogP contribution >= 0.6 is 0 Å². The van der Waals surface area contributed by atoms with E-state index in [0.29, 0.717) is 18.8 Å². The predicted octanol–water partition coefficient (Wildman–Crippen LogP) is 1.08. The van der Waals surface area contributed by atoms with Crippen LogP contribution < -0.4 is 4.74 Å². The van der Waals surface area contributed by atoms with Gasteiger partial charge in [-0.25, -0.2) is 4.79 Å². The van der Waals surface area contributed by atoms with Crippen molar-refractivity contribution in [3.63, 3.8) is 0 Å². The largest absolute Gasteiger partial charge is 0.484 e. The van der Waals surface area contributed by atoms with E-state index in [1.165, 1.54) is 0 Å². The Balaban J connectivity index is 1.75. The third-order valence-electron chi connectivity index (χ3n) is 3.30. The summed E-state index contributed by atoms with van der Waals surface area (Å²) in [5.74, 6) is -0.481. The smallest absolute Gasteiger partial charge is 0.329 e. The molecule has 0 spiro atoms. The summed E-state index contributed by atoms with van der Waals surface area (Å²) in [7, 11) is 0. The summed E-state index contributed by atoms with van der Waals surface area (Å²) < 4.78 is 10.7. The van der Waals surface area contributed by atoms with Crippen molar-refractivity contribution in [2.24, 2.45) is 0 Å². The van der Waals surface area contributed by atoms with E-state index >= 15 is 0 Å². The second-order valence-electron chi connectivity index (χ2n) is 5.49. The van der Waals surface area contributed by atoms with Crippen LogP contribution in [0.15, 0.2) is 24.3 Å². The number of aliphatic carboxylic acids is 1. The molecule has 114 valence electrons. The van der Waals surface area contributed by atoms with Crippen LogP contribution in [0.4, 0.5) is 0 Å². The first-order chi connectivity index (χ1) is 9.88. The summed E-state index contributed by atoms with van der Waals surface area (Å²) >= 11 is 0. The molecule has 1 aromatic carbocycles. The van der Waals surface area contributed by atoms with Crippen molar-refractivity contribution in [3.8, 4) is 5.75 Å². The van der Waals surface area contributed by atoms with Gasteiger partial charge in [-0.3, -0.25) is 4.79 Å². The van der Waals surface area contributed by atoms with Gasteiger partial charge < -0.3 is 19.5 Å². The number of benzene rings is 1. The molecule has 1 aliphatic heterocycles. The Bertz CT molecular complexity index is 537. The van der Waals surface area contributed by atoms with Crippen molar-refractivity contribution in [2.45, 2.75) is 19.4 Å². The summed E-state index contributed by atoms with van der Waals surface area (Å²) in [4.78, 5) is 24.0. The van der Waals surface area contributed by atoms with Gasteiger partial charge in [-0.1, -0.05) is 12.1 Å². The minimum absolute atomic E-state index is 0.0293. The van der Waals surface area contributed by atoms with Crippen LogP contribution in [0.5, 0.6) is 5.75 Å². The lowest BCUT2D eigenvalue weighted by Gasteiger charge is -2.47. The van der Waals surface area contributed by atoms with E-state index in [4.69, 9.17) is 14.6 Å². The molecule has 2 rings (SSSR count). The minimum Gasteiger partial charge on any atom is -0.484 e.